The summed E-state index contributed by atoms with van der Waals surface area (Å²) in [6.07, 6.45) is 3.03. The zero-order chi connectivity index (χ0) is 15.6. The predicted octanol–water partition coefficient (Wildman–Crippen LogP) is 2.22. The van der Waals surface area contributed by atoms with E-state index in [4.69, 9.17) is 5.73 Å². The van der Waals surface area contributed by atoms with Crippen molar-refractivity contribution in [1.29, 1.82) is 0 Å². The molecule has 4 N–H and O–H groups in total. The van der Waals surface area contributed by atoms with Gasteiger partial charge in [-0.1, -0.05) is 6.92 Å². The Bertz CT molecular complexity index is 541. The minimum atomic E-state index is -0.962. The van der Waals surface area contributed by atoms with Crippen molar-refractivity contribution in [1.82, 2.24) is 5.32 Å². The third-order valence-electron chi connectivity index (χ3n) is 4.24. The quantitative estimate of drug-likeness (QED) is 0.749. The fraction of sp³-hybridized carbons (Fsp3) is 0.533. The van der Waals surface area contributed by atoms with E-state index in [1.54, 1.807) is 0 Å². The first kappa shape index (κ1) is 15.7. The van der Waals surface area contributed by atoms with E-state index in [1.165, 1.54) is 0 Å². The molecule has 1 aromatic carbocycles. The maximum atomic E-state index is 13.7. The summed E-state index contributed by atoms with van der Waals surface area (Å²) in [5.74, 6) is -1.99. The van der Waals surface area contributed by atoms with Crippen molar-refractivity contribution in [2.75, 3.05) is 12.3 Å². The molecule has 0 saturated heterocycles. The standard InChI is InChI=1S/C15H20F2N2O2/c1-9-2-4-15(8-20,5-3-9)19-14(21)10-6-13(18)12(17)7-11(10)16/h6-7,9,20H,2-5,8,18H2,1H3,(H,19,21). The van der Waals surface area contributed by atoms with Gasteiger partial charge in [-0.3, -0.25) is 4.79 Å². The maximum absolute atomic E-state index is 13.7. The molecule has 0 unspecified atom stereocenters. The third kappa shape index (κ3) is 3.32. The van der Waals surface area contributed by atoms with E-state index >= 15 is 0 Å². The van der Waals surface area contributed by atoms with Crippen LogP contribution < -0.4 is 11.1 Å². The Morgan fingerprint density at radius 1 is 1.38 bits per heavy atom. The number of nitrogens with one attached hydrogen (secondary N) is 1. The van der Waals surface area contributed by atoms with E-state index in [0.717, 1.165) is 18.9 Å². The molecule has 1 amide bonds. The van der Waals surface area contributed by atoms with Gasteiger partial charge >= 0.3 is 0 Å². The number of halogens is 2. The summed E-state index contributed by atoms with van der Waals surface area (Å²) in [5, 5.41) is 12.3. The molecule has 1 saturated carbocycles. The van der Waals surface area contributed by atoms with Crippen LogP contribution in [-0.4, -0.2) is 23.2 Å². The van der Waals surface area contributed by atoms with E-state index in [1.807, 2.05) is 0 Å². The maximum Gasteiger partial charge on any atom is 0.254 e. The molecule has 0 bridgehead atoms. The van der Waals surface area contributed by atoms with Gasteiger partial charge in [0.15, 0.2) is 0 Å². The first-order chi connectivity index (χ1) is 9.87. The Balaban J connectivity index is 2.19. The normalized spacial score (nSPS) is 25.6. The number of hydrogen-bond donors (Lipinski definition) is 3. The molecule has 1 aliphatic carbocycles. The molecule has 1 fully saturated rings. The van der Waals surface area contributed by atoms with Crippen LogP contribution in [0.2, 0.25) is 0 Å². The number of amides is 1. The van der Waals surface area contributed by atoms with Gasteiger partial charge in [0, 0.05) is 6.07 Å². The number of hydrogen-bond acceptors (Lipinski definition) is 3. The Labute approximate surface area is 122 Å². The van der Waals surface area contributed by atoms with E-state index in [-0.39, 0.29) is 17.9 Å². The number of benzene rings is 1. The first-order valence-electron chi connectivity index (χ1n) is 7.05. The molecule has 1 aromatic rings. The molecule has 0 radical (unpaired) electrons. The van der Waals surface area contributed by atoms with Gasteiger partial charge in [0.2, 0.25) is 0 Å². The van der Waals surface area contributed by atoms with Crippen molar-refractivity contribution in [3.05, 3.63) is 29.3 Å². The first-order valence-corrected chi connectivity index (χ1v) is 7.05. The summed E-state index contributed by atoms with van der Waals surface area (Å²) < 4.78 is 26.8. The van der Waals surface area contributed by atoms with Crippen molar-refractivity contribution in [2.24, 2.45) is 5.92 Å². The van der Waals surface area contributed by atoms with Crippen LogP contribution in [0.25, 0.3) is 0 Å². The van der Waals surface area contributed by atoms with Crippen LogP contribution in [0.15, 0.2) is 12.1 Å². The van der Waals surface area contributed by atoms with Crippen molar-refractivity contribution >= 4 is 11.6 Å². The summed E-state index contributed by atoms with van der Waals surface area (Å²) >= 11 is 0. The van der Waals surface area contributed by atoms with Crippen LogP contribution in [-0.2, 0) is 0 Å². The second-order valence-corrected chi connectivity index (χ2v) is 5.93. The molecule has 0 aromatic heterocycles. The minimum absolute atomic E-state index is 0.205. The number of aliphatic hydroxyl groups excluding tert-OH is 1. The van der Waals surface area contributed by atoms with Gasteiger partial charge < -0.3 is 16.2 Å². The topological polar surface area (TPSA) is 75.3 Å². The summed E-state index contributed by atoms with van der Waals surface area (Å²) in [7, 11) is 0. The van der Waals surface area contributed by atoms with Crippen molar-refractivity contribution < 1.29 is 18.7 Å². The average molecular weight is 298 g/mol. The van der Waals surface area contributed by atoms with Gasteiger partial charge in [-0.05, 0) is 37.7 Å². The van der Waals surface area contributed by atoms with Crippen LogP contribution in [0.1, 0.15) is 43.0 Å². The van der Waals surface area contributed by atoms with Gasteiger partial charge in [0.25, 0.3) is 5.91 Å². The number of carbonyl (C=O) groups excluding carboxylic acids is 1. The predicted molar refractivity (Wildman–Crippen MR) is 75.7 cm³/mol. The zero-order valence-corrected chi connectivity index (χ0v) is 12.0. The third-order valence-corrected chi connectivity index (χ3v) is 4.24. The van der Waals surface area contributed by atoms with Crippen molar-refractivity contribution in [3.63, 3.8) is 0 Å². The Morgan fingerprint density at radius 2 is 2.00 bits per heavy atom. The molecule has 6 heteroatoms. The minimum Gasteiger partial charge on any atom is -0.396 e. The van der Waals surface area contributed by atoms with Crippen molar-refractivity contribution in [3.8, 4) is 0 Å². The van der Waals surface area contributed by atoms with E-state index in [0.29, 0.717) is 24.8 Å². The Morgan fingerprint density at radius 3 is 2.57 bits per heavy atom. The summed E-state index contributed by atoms with van der Waals surface area (Å²) in [4.78, 5) is 12.2. The van der Waals surface area contributed by atoms with Gasteiger partial charge in [-0.15, -0.1) is 0 Å². The van der Waals surface area contributed by atoms with Gasteiger partial charge in [-0.25, -0.2) is 8.78 Å². The monoisotopic (exact) mass is 298 g/mol. The number of carbonyl (C=O) groups is 1. The van der Waals surface area contributed by atoms with Gasteiger partial charge in [-0.2, -0.15) is 0 Å². The molecule has 21 heavy (non-hydrogen) atoms. The molecular weight excluding hydrogens is 278 g/mol. The van der Waals surface area contributed by atoms with Crippen LogP contribution in [0.4, 0.5) is 14.5 Å². The number of aliphatic hydroxyl groups is 1. The highest BCUT2D eigenvalue weighted by molar-refractivity contribution is 5.95. The van der Waals surface area contributed by atoms with E-state index in [9.17, 15) is 18.7 Å². The average Bonchev–Trinajstić information content (AvgIpc) is 2.45. The SMILES string of the molecule is CC1CCC(CO)(NC(=O)c2cc(N)c(F)cc2F)CC1. The summed E-state index contributed by atoms with van der Waals surface area (Å²) in [6, 6.07) is 1.58. The molecule has 1 aliphatic rings. The van der Waals surface area contributed by atoms with Crippen LogP contribution in [0, 0.1) is 17.6 Å². The highest BCUT2D eigenvalue weighted by Gasteiger charge is 2.35. The fourth-order valence-electron chi connectivity index (χ4n) is 2.69. The molecule has 116 valence electrons. The van der Waals surface area contributed by atoms with E-state index < -0.39 is 23.1 Å². The smallest absolute Gasteiger partial charge is 0.254 e. The lowest BCUT2D eigenvalue weighted by Gasteiger charge is -2.38. The lowest BCUT2D eigenvalue weighted by atomic mass is 9.77. The number of nitrogens with two attached hydrogens (primary N) is 1. The Hall–Kier alpha value is -1.69. The van der Waals surface area contributed by atoms with Crippen LogP contribution in [0.3, 0.4) is 0 Å². The second-order valence-electron chi connectivity index (χ2n) is 5.93. The number of nitrogen functional groups attached to an aromatic ring is 1. The number of anilines is 1. The highest BCUT2D eigenvalue weighted by Crippen LogP contribution is 2.32. The molecule has 4 nitrogen and oxygen atoms in total. The molecule has 2 rings (SSSR count). The lowest BCUT2D eigenvalue weighted by molar-refractivity contribution is 0.0713. The summed E-state index contributed by atoms with van der Waals surface area (Å²) in [5.41, 5.74) is 4.05. The fourth-order valence-corrected chi connectivity index (χ4v) is 2.69. The molecule has 0 heterocycles. The van der Waals surface area contributed by atoms with E-state index in [2.05, 4.69) is 12.2 Å². The number of rotatable bonds is 3. The molecule has 0 atom stereocenters. The second kappa shape index (κ2) is 5.97. The van der Waals surface area contributed by atoms with Crippen LogP contribution in [0.5, 0.6) is 0 Å². The molecule has 0 aliphatic heterocycles. The van der Waals surface area contributed by atoms with Gasteiger partial charge in [0.1, 0.15) is 11.6 Å². The largest absolute Gasteiger partial charge is 0.396 e. The van der Waals surface area contributed by atoms with Crippen molar-refractivity contribution in [2.45, 2.75) is 38.1 Å². The zero-order valence-electron chi connectivity index (χ0n) is 12.0. The molecule has 0 spiro atoms. The Kier molecular flexibility index (Phi) is 4.46. The van der Waals surface area contributed by atoms with Gasteiger partial charge in [0.05, 0.1) is 23.4 Å². The lowest BCUT2D eigenvalue weighted by Crippen LogP contribution is -2.53. The molecular formula is C15H20F2N2O2. The van der Waals surface area contributed by atoms with Crippen LogP contribution >= 0.6 is 0 Å². The summed E-state index contributed by atoms with van der Waals surface area (Å²) in [6.45, 7) is 1.91. The highest BCUT2D eigenvalue weighted by atomic mass is 19.1.